The third-order valence-electron chi connectivity index (χ3n) is 7.46. The predicted molar refractivity (Wildman–Crippen MR) is 102 cm³/mol. The molecule has 1 saturated carbocycles. The summed E-state index contributed by atoms with van der Waals surface area (Å²) in [6, 6.07) is 0. The number of cyclic esters (lactones) is 1. The molecule has 1 N–H and O–H groups in total. The number of hydrogen-bond donors (Lipinski definition) is 1. The van der Waals surface area contributed by atoms with E-state index in [1.165, 1.54) is 6.92 Å². The van der Waals surface area contributed by atoms with Crippen LogP contribution in [0, 0.1) is 22.7 Å². The van der Waals surface area contributed by atoms with Gasteiger partial charge in [-0.25, -0.2) is 4.79 Å². The minimum absolute atomic E-state index is 0.0539. The second-order valence-electron chi connectivity index (χ2n) is 9.41. The molecule has 3 aliphatic rings. The molecule has 0 bridgehead atoms. The molecule has 1 fully saturated rings. The zero-order valence-electron chi connectivity index (χ0n) is 17.5. The van der Waals surface area contributed by atoms with E-state index in [9.17, 15) is 19.5 Å². The first-order valence-electron chi connectivity index (χ1n) is 10.3. The monoisotopic (exact) mass is 392 g/mol. The lowest BCUT2D eigenvalue weighted by atomic mass is 9.47. The molecule has 5 unspecified atom stereocenters. The number of hydrogen-bond acceptors (Lipinski definition) is 6. The van der Waals surface area contributed by atoms with E-state index in [1.807, 2.05) is 20.8 Å². The molecule has 0 radical (unpaired) electrons. The van der Waals surface area contributed by atoms with E-state index in [-0.39, 0.29) is 30.0 Å². The number of ketones is 1. The molecule has 3 rings (SSSR count). The highest BCUT2D eigenvalue weighted by molar-refractivity contribution is 5.94. The summed E-state index contributed by atoms with van der Waals surface area (Å²) in [4.78, 5) is 36.6. The zero-order chi connectivity index (χ0) is 20.9. The van der Waals surface area contributed by atoms with E-state index < -0.39 is 29.0 Å². The molecule has 0 aromatic carbocycles. The van der Waals surface area contributed by atoms with Crippen LogP contribution in [-0.2, 0) is 23.9 Å². The van der Waals surface area contributed by atoms with Crippen molar-refractivity contribution in [2.24, 2.45) is 22.7 Å². The number of rotatable bonds is 5. The summed E-state index contributed by atoms with van der Waals surface area (Å²) in [6.45, 7) is 9.43. The van der Waals surface area contributed by atoms with E-state index in [0.29, 0.717) is 25.0 Å². The largest absolute Gasteiger partial charge is 0.462 e. The Morgan fingerprint density at radius 2 is 2.00 bits per heavy atom. The van der Waals surface area contributed by atoms with Gasteiger partial charge in [0.25, 0.3) is 0 Å². The number of Topliss-reactive ketones (excluding diaryl/α,β-unsaturated/α-hetero) is 1. The van der Waals surface area contributed by atoms with Crippen LogP contribution in [0.5, 0.6) is 0 Å². The second kappa shape index (κ2) is 7.29. The lowest BCUT2D eigenvalue weighted by molar-refractivity contribution is -0.191. The van der Waals surface area contributed by atoms with Crippen molar-refractivity contribution in [3.63, 3.8) is 0 Å². The normalized spacial score (nSPS) is 37.4. The van der Waals surface area contributed by atoms with Crippen LogP contribution >= 0.6 is 0 Å². The van der Waals surface area contributed by atoms with Gasteiger partial charge in [-0.3, -0.25) is 9.59 Å². The average Bonchev–Trinajstić information content (AvgIpc) is 2.99. The van der Waals surface area contributed by atoms with Crippen LogP contribution in [0.4, 0.5) is 0 Å². The van der Waals surface area contributed by atoms with Crippen molar-refractivity contribution in [1.29, 1.82) is 0 Å². The molecule has 6 nitrogen and oxygen atoms in total. The number of carbonyl (C=O) groups is 3. The average molecular weight is 392 g/mol. The highest BCUT2D eigenvalue weighted by Crippen LogP contribution is 2.62. The van der Waals surface area contributed by atoms with Gasteiger partial charge in [-0.15, -0.1) is 0 Å². The number of aliphatic hydroxyl groups excluding tert-OH is 1. The van der Waals surface area contributed by atoms with Crippen LogP contribution in [0.25, 0.3) is 0 Å². The van der Waals surface area contributed by atoms with Crippen molar-refractivity contribution in [2.45, 2.75) is 78.9 Å². The Morgan fingerprint density at radius 3 is 2.61 bits per heavy atom. The predicted octanol–water partition coefficient (Wildman–Crippen LogP) is 2.96. The van der Waals surface area contributed by atoms with Gasteiger partial charge in [0, 0.05) is 42.1 Å². The molecular formula is C22H32O6. The van der Waals surface area contributed by atoms with Gasteiger partial charge in [-0.2, -0.15) is 0 Å². The van der Waals surface area contributed by atoms with Crippen LogP contribution in [0.1, 0.15) is 66.7 Å². The highest BCUT2D eigenvalue weighted by atomic mass is 16.5. The standard InChI is InChI=1S/C22H32O6/c1-12(2)15(24)8-9-21(4)16-7-6-14-11-27-20(26)19(14)22(16,5)17(25)10-18(21)28-13(3)23/h12,16-18,25H,6-11H2,1-5H3. The number of fused-ring (bicyclic) bond motifs is 2. The van der Waals surface area contributed by atoms with Crippen molar-refractivity contribution in [1.82, 2.24) is 0 Å². The number of esters is 2. The summed E-state index contributed by atoms with van der Waals surface area (Å²) in [6.07, 6.45) is 1.41. The quantitative estimate of drug-likeness (QED) is 0.724. The van der Waals surface area contributed by atoms with E-state index >= 15 is 0 Å². The molecule has 0 aromatic rings. The highest BCUT2D eigenvalue weighted by Gasteiger charge is 2.63. The fourth-order valence-electron chi connectivity index (χ4n) is 5.79. The first-order chi connectivity index (χ1) is 13.0. The Balaban J connectivity index is 2.01. The van der Waals surface area contributed by atoms with Gasteiger partial charge < -0.3 is 14.6 Å². The van der Waals surface area contributed by atoms with Crippen LogP contribution in [-0.4, -0.2) is 41.6 Å². The molecule has 1 aliphatic heterocycles. The Morgan fingerprint density at radius 1 is 1.32 bits per heavy atom. The maximum absolute atomic E-state index is 12.5. The first-order valence-corrected chi connectivity index (χ1v) is 10.3. The molecule has 0 saturated heterocycles. The topological polar surface area (TPSA) is 89.9 Å². The molecule has 28 heavy (non-hydrogen) atoms. The summed E-state index contributed by atoms with van der Waals surface area (Å²) in [7, 11) is 0. The second-order valence-corrected chi connectivity index (χ2v) is 9.41. The first kappa shape index (κ1) is 21.0. The summed E-state index contributed by atoms with van der Waals surface area (Å²) in [5.74, 6) is -0.697. The molecule has 0 amide bonds. The minimum atomic E-state index is -0.813. The van der Waals surface area contributed by atoms with Crippen molar-refractivity contribution in [3.8, 4) is 0 Å². The molecule has 0 aromatic heterocycles. The smallest absolute Gasteiger partial charge is 0.335 e. The molecule has 156 valence electrons. The van der Waals surface area contributed by atoms with Crippen LogP contribution in [0.3, 0.4) is 0 Å². The molecular weight excluding hydrogens is 360 g/mol. The number of aliphatic hydroxyl groups is 1. The summed E-state index contributed by atoms with van der Waals surface area (Å²) in [5.41, 5.74) is 0.326. The van der Waals surface area contributed by atoms with Gasteiger partial charge in [0.15, 0.2) is 0 Å². The number of ether oxygens (including phenoxy) is 2. The SMILES string of the molecule is CC(=O)OC1CC(O)C2(C)C3=C(CCC2C1(C)CCC(=O)C(C)C)COC3=O. The maximum Gasteiger partial charge on any atom is 0.335 e. The fourth-order valence-corrected chi connectivity index (χ4v) is 5.79. The molecule has 2 aliphatic carbocycles. The van der Waals surface area contributed by atoms with Crippen molar-refractivity contribution in [2.75, 3.05) is 6.61 Å². The van der Waals surface area contributed by atoms with Gasteiger partial charge >= 0.3 is 11.9 Å². The summed E-state index contributed by atoms with van der Waals surface area (Å²) < 4.78 is 10.9. The van der Waals surface area contributed by atoms with Crippen LogP contribution < -0.4 is 0 Å². The fraction of sp³-hybridized carbons (Fsp3) is 0.773. The van der Waals surface area contributed by atoms with E-state index in [0.717, 1.165) is 18.4 Å². The van der Waals surface area contributed by atoms with Gasteiger partial charge in [-0.05, 0) is 30.8 Å². The molecule has 6 heteroatoms. The minimum Gasteiger partial charge on any atom is -0.462 e. The van der Waals surface area contributed by atoms with Crippen molar-refractivity contribution in [3.05, 3.63) is 11.1 Å². The lowest BCUT2D eigenvalue weighted by Gasteiger charge is -2.59. The Labute approximate surface area is 166 Å². The van der Waals surface area contributed by atoms with Crippen molar-refractivity contribution >= 4 is 17.7 Å². The molecule has 0 spiro atoms. The third-order valence-corrected chi connectivity index (χ3v) is 7.46. The number of carbonyl (C=O) groups excluding carboxylic acids is 3. The van der Waals surface area contributed by atoms with Gasteiger partial charge in [0.05, 0.1) is 6.10 Å². The summed E-state index contributed by atoms with van der Waals surface area (Å²) in [5, 5.41) is 11.1. The van der Waals surface area contributed by atoms with Crippen molar-refractivity contribution < 1.29 is 29.0 Å². The molecule has 5 atom stereocenters. The Bertz CT molecular complexity index is 723. The van der Waals surface area contributed by atoms with Crippen LogP contribution in [0.15, 0.2) is 11.1 Å². The Hall–Kier alpha value is -1.69. The Kier molecular flexibility index (Phi) is 5.47. The lowest BCUT2D eigenvalue weighted by Crippen LogP contribution is -2.61. The maximum atomic E-state index is 12.5. The molecule has 1 heterocycles. The van der Waals surface area contributed by atoms with Gasteiger partial charge in [0.1, 0.15) is 18.5 Å². The van der Waals surface area contributed by atoms with Gasteiger partial charge in [0.2, 0.25) is 0 Å². The van der Waals surface area contributed by atoms with E-state index in [1.54, 1.807) is 0 Å². The third kappa shape index (κ3) is 3.19. The van der Waals surface area contributed by atoms with E-state index in [2.05, 4.69) is 6.92 Å². The zero-order valence-corrected chi connectivity index (χ0v) is 17.5. The van der Waals surface area contributed by atoms with Crippen LogP contribution in [0.2, 0.25) is 0 Å². The summed E-state index contributed by atoms with van der Waals surface area (Å²) >= 11 is 0. The van der Waals surface area contributed by atoms with Gasteiger partial charge in [-0.1, -0.05) is 27.7 Å². The van der Waals surface area contributed by atoms with E-state index in [4.69, 9.17) is 9.47 Å².